The lowest BCUT2D eigenvalue weighted by atomic mass is 10.00. The maximum Gasteiger partial charge on any atom is 0.123 e. The Morgan fingerprint density at radius 1 is 1.43 bits per heavy atom. The van der Waals surface area contributed by atoms with Gasteiger partial charge in [0.1, 0.15) is 11.9 Å². The number of benzene rings is 1. The first-order valence-electron chi connectivity index (χ1n) is 4.53. The Bertz CT molecular complexity index is 312. The molecular formula is C11H15FO2. The normalized spacial score (nSPS) is 15.2. The minimum Gasteiger partial charge on any atom is -0.386 e. The Kier molecular flexibility index (Phi) is 3.61. The van der Waals surface area contributed by atoms with Gasteiger partial charge in [0, 0.05) is 7.11 Å². The van der Waals surface area contributed by atoms with E-state index in [4.69, 9.17) is 4.74 Å². The molecule has 0 aliphatic rings. The number of methoxy groups -OCH3 is 1. The van der Waals surface area contributed by atoms with Crippen LogP contribution in [0.3, 0.4) is 0 Å². The number of halogens is 1. The molecule has 1 rings (SSSR count). The second kappa shape index (κ2) is 4.53. The van der Waals surface area contributed by atoms with Crippen LogP contribution in [0.5, 0.6) is 0 Å². The van der Waals surface area contributed by atoms with E-state index in [9.17, 15) is 9.50 Å². The van der Waals surface area contributed by atoms with E-state index in [1.807, 2.05) is 0 Å². The van der Waals surface area contributed by atoms with E-state index < -0.39 is 6.10 Å². The first-order chi connectivity index (χ1) is 6.56. The summed E-state index contributed by atoms with van der Waals surface area (Å²) in [5.74, 6) is -0.288. The third kappa shape index (κ3) is 2.30. The zero-order valence-corrected chi connectivity index (χ0v) is 8.62. The van der Waals surface area contributed by atoms with E-state index in [1.54, 1.807) is 19.9 Å². The maximum absolute atomic E-state index is 12.8. The van der Waals surface area contributed by atoms with Crippen LogP contribution in [-0.2, 0) is 4.74 Å². The van der Waals surface area contributed by atoms with Crippen LogP contribution in [0.25, 0.3) is 0 Å². The van der Waals surface area contributed by atoms with Gasteiger partial charge in [-0.25, -0.2) is 4.39 Å². The molecule has 3 heteroatoms. The van der Waals surface area contributed by atoms with Gasteiger partial charge in [-0.05, 0) is 37.1 Å². The number of rotatable bonds is 3. The lowest BCUT2D eigenvalue weighted by Gasteiger charge is -2.19. The zero-order valence-electron chi connectivity index (χ0n) is 8.62. The summed E-state index contributed by atoms with van der Waals surface area (Å²) in [6.45, 7) is 3.54. The second-order valence-corrected chi connectivity index (χ2v) is 3.39. The van der Waals surface area contributed by atoms with E-state index in [-0.39, 0.29) is 11.9 Å². The van der Waals surface area contributed by atoms with Crippen LogP contribution in [0.1, 0.15) is 24.2 Å². The predicted molar refractivity (Wildman–Crippen MR) is 52.6 cm³/mol. The maximum atomic E-state index is 12.8. The number of ether oxygens (including phenoxy) is 1. The van der Waals surface area contributed by atoms with Crippen molar-refractivity contribution in [3.05, 3.63) is 35.1 Å². The third-order valence-electron chi connectivity index (χ3n) is 2.37. The van der Waals surface area contributed by atoms with Crippen molar-refractivity contribution in [2.75, 3.05) is 7.11 Å². The zero-order chi connectivity index (χ0) is 10.7. The fourth-order valence-corrected chi connectivity index (χ4v) is 1.35. The van der Waals surface area contributed by atoms with Gasteiger partial charge in [0.15, 0.2) is 0 Å². The first-order valence-corrected chi connectivity index (χ1v) is 4.53. The Morgan fingerprint density at radius 2 is 2.07 bits per heavy atom. The van der Waals surface area contributed by atoms with Crippen LogP contribution in [-0.4, -0.2) is 18.3 Å². The summed E-state index contributed by atoms with van der Waals surface area (Å²) in [5.41, 5.74) is 1.45. The molecule has 0 saturated heterocycles. The summed E-state index contributed by atoms with van der Waals surface area (Å²) in [6.07, 6.45) is -1.00. The number of aliphatic hydroxyl groups is 1. The molecule has 78 valence electrons. The molecular weight excluding hydrogens is 183 g/mol. The van der Waals surface area contributed by atoms with Crippen LogP contribution >= 0.6 is 0 Å². The summed E-state index contributed by atoms with van der Waals surface area (Å²) in [5, 5.41) is 9.81. The Hall–Kier alpha value is -0.930. The summed E-state index contributed by atoms with van der Waals surface area (Å²) in [6, 6.07) is 4.33. The van der Waals surface area contributed by atoms with E-state index in [1.165, 1.54) is 19.2 Å². The summed E-state index contributed by atoms with van der Waals surface area (Å²) >= 11 is 0. The van der Waals surface area contributed by atoms with Crippen molar-refractivity contribution in [2.45, 2.75) is 26.1 Å². The molecule has 2 atom stereocenters. The quantitative estimate of drug-likeness (QED) is 0.806. The molecule has 0 spiro atoms. The van der Waals surface area contributed by atoms with Crippen molar-refractivity contribution < 1.29 is 14.2 Å². The highest BCUT2D eigenvalue weighted by atomic mass is 19.1. The van der Waals surface area contributed by atoms with Crippen LogP contribution in [0.2, 0.25) is 0 Å². The SMILES string of the molecule is COC(C)C(O)c1ccc(F)cc1C. The van der Waals surface area contributed by atoms with E-state index in [0.29, 0.717) is 5.56 Å². The molecule has 2 nitrogen and oxygen atoms in total. The molecule has 1 aromatic rings. The van der Waals surface area contributed by atoms with Gasteiger partial charge in [0.2, 0.25) is 0 Å². The average molecular weight is 198 g/mol. The van der Waals surface area contributed by atoms with Gasteiger partial charge in [0.25, 0.3) is 0 Å². The van der Waals surface area contributed by atoms with Crippen molar-refractivity contribution in [3.63, 3.8) is 0 Å². The van der Waals surface area contributed by atoms with Gasteiger partial charge in [0.05, 0.1) is 6.10 Å². The van der Waals surface area contributed by atoms with Crippen molar-refractivity contribution >= 4 is 0 Å². The Labute approximate surface area is 83.3 Å². The fourth-order valence-electron chi connectivity index (χ4n) is 1.35. The van der Waals surface area contributed by atoms with E-state index in [0.717, 1.165) is 5.56 Å². The number of aryl methyl sites for hydroxylation is 1. The van der Waals surface area contributed by atoms with Crippen molar-refractivity contribution in [3.8, 4) is 0 Å². The molecule has 0 bridgehead atoms. The smallest absolute Gasteiger partial charge is 0.123 e. The number of hydrogen-bond donors (Lipinski definition) is 1. The molecule has 1 N–H and O–H groups in total. The first kappa shape index (κ1) is 11.1. The largest absolute Gasteiger partial charge is 0.386 e. The number of hydrogen-bond acceptors (Lipinski definition) is 2. The molecule has 0 fully saturated rings. The molecule has 14 heavy (non-hydrogen) atoms. The highest BCUT2D eigenvalue weighted by molar-refractivity contribution is 5.29. The molecule has 0 aliphatic heterocycles. The number of aliphatic hydroxyl groups excluding tert-OH is 1. The third-order valence-corrected chi connectivity index (χ3v) is 2.37. The molecule has 0 saturated carbocycles. The minimum absolute atomic E-state index is 0.288. The van der Waals surface area contributed by atoms with Gasteiger partial charge in [-0.15, -0.1) is 0 Å². The molecule has 1 aromatic carbocycles. The highest BCUT2D eigenvalue weighted by Gasteiger charge is 2.17. The van der Waals surface area contributed by atoms with Gasteiger partial charge in [-0.2, -0.15) is 0 Å². The average Bonchev–Trinajstić information content (AvgIpc) is 2.15. The van der Waals surface area contributed by atoms with Crippen molar-refractivity contribution in [1.82, 2.24) is 0 Å². The Morgan fingerprint density at radius 3 is 2.57 bits per heavy atom. The fraction of sp³-hybridized carbons (Fsp3) is 0.455. The molecule has 0 amide bonds. The van der Waals surface area contributed by atoms with Crippen LogP contribution in [0.15, 0.2) is 18.2 Å². The van der Waals surface area contributed by atoms with Gasteiger partial charge < -0.3 is 9.84 Å². The van der Waals surface area contributed by atoms with E-state index in [2.05, 4.69) is 0 Å². The monoisotopic (exact) mass is 198 g/mol. The van der Waals surface area contributed by atoms with Gasteiger partial charge >= 0.3 is 0 Å². The molecule has 2 unspecified atom stereocenters. The molecule has 0 radical (unpaired) electrons. The highest BCUT2D eigenvalue weighted by Crippen LogP contribution is 2.22. The second-order valence-electron chi connectivity index (χ2n) is 3.39. The summed E-state index contributed by atoms with van der Waals surface area (Å²) in [4.78, 5) is 0. The van der Waals surface area contributed by atoms with Crippen molar-refractivity contribution in [2.24, 2.45) is 0 Å². The van der Waals surface area contributed by atoms with Crippen LogP contribution in [0, 0.1) is 12.7 Å². The van der Waals surface area contributed by atoms with E-state index >= 15 is 0 Å². The topological polar surface area (TPSA) is 29.5 Å². The standard InChI is InChI=1S/C11H15FO2/c1-7-6-9(12)4-5-10(7)11(13)8(2)14-3/h4-6,8,11,13H,1-3H3. The lowest BCUT2D eigenvalue weighted by Crippen LogP contribution is -2.17. The van der Waals surface area contributed by atoms with Crippen LogP contribution < -0.4 is 0 Å². The minimum atomic E-state index is -0.708. The summed E-state index contributed by atoms with van der Waals surface area (Å²) in [7, 11) is 1.53. The van der Waals surface area contributed by atoms with Crippen LogP contribution in [0.4, 0.5) is 4.39 Å². The lowest BCUT2D eigenvalue weighted by molar-refractivity contribution is -0.00176. The van der Waals surface area contributed by atoms with Gasteiger partial charge in [-0.3, -0.25) is 0 Å². The Balaban J connectivity index is 2.95. The molecule has 0 heterocycles. The van der Waals surface area contributed by atoms with Crippen molar-refractivity contribution in [1.29, 1.82) is 0 Å². The molecule has 0 aromatic heterocycles. The van der Waals surface area contributed by atoms with Gasteiger partial charge in [-0.1, -0.05) is 6.07 Å². The summed E-state index contributed by atoms with van der Waals surface area (Å²) < 4.78 is 17.8. The molecule has 0 aliphatic carbocycles. The predicted octanol–water partition coefficient (Wildman–Crippen LogP) is 2.20.